The summed E-state index contributed by atoms with van der Waals surface area (Å²) in [6.45, 7) is 6.48. The van der Waals surface area contributed by atoms with E-state index in [1.807, 2.05) is 0 Å². The zero-order valence-electron chi connectivity index (χ0n) is 46.5. The first-order valence-corrected chi connectivity index (χ1v) is 29.7. The second-order valence-electron chi connectivity index (χ2n) is 19.5. The van der Waals surface area contributed by atoms with E-state index in [9.17, 15) is 14.4 Å². The highest BCUT2D eigenvalue weighted by Gasteiger charge is 2.19. The van der Waals surface area contributed by atoms with Crippen molar-refractivity contribution in [3.8, 4) is 0 Å². The van der Waals surface area contributed by atoms with Crippen molar-refractivity contribution in [1.82, 2.24) is 0 Å². The Balaban J connectivity index is 4.45. The van der Waals surface area contributed by atoms with Crippen molar-refractivity contribution in [3.05, 3.63) is 97.2 Å². The van der Waals surface area contributed by atoms with E-state index in [4.69, 9.17) is 14.2 Å². The molecule has 0 spiro atoms. The van der Waals surface area contributed by atoms with E-state index in [1.54, 1.807) is 0 Å². The summed E-state index contributed by atoms with van der Waals surface area (Å²) in [5.74, 6) is -0.922. The minimum Gasteiger partial charge on any atom is -0.462 e. The number of carbonyl (C=O) groups excluding carboxylic acids is 3. The Morgan fingerprint density at radius 1 is 0.296 bits per heavy atom. The molecule has 0 fully saturated rings. The van der Waals surface area contributed by atoms with E-state index in [2.05, 4.69) is 118 Å². The third kappa shape index (κ3) is 57.1. The molecule has 0 aromatic carbocycles. The highest BCUT2D eigenvalue weighted by atomic mass is 16.6. The topological polar surface area (TPSA) is 78.9 Å². The summed E-state index contributed by atoms with van der Waals surface area (Å²) in [5, 5.41) is 0. The molecule has 6 heteroatoms. The summed E-state index contributed by atoms with van der Waals surface area (Å²) in [6.07, 6.45) is 78.2. The molecule has 0 rings (SSSR count). The van der Waals surface area contributed by atoms with Crippen LogP contribution in [0.25, 0.3) is 0 Å². The highest BCUT2D eigenvalue weighted by Crippen LogP contribution is 2.14. The van der Waals surface area contributed by atoms with Gasteiger partial charge in [0.15, 0.2) is 6.10 Å². The van der Waals surface area contributed by atoms with E-state index in [-0.39, 0.29) is 31.1 Å². The molecule has 0 heterocycles. The Morgan fingerprint density at radius 2 is 0.549 bits per heavy atom. The Hall–Kier alpha value is -3.67. The van der Waals surface area contributed by atoms with Crippen LogP contribution in [-0.4, -0.2) is 37.2 Å². The predicted octanol–water partition coefficient (Wildman–Crippen LogP) is 20.1. The lowest BCUT2D eigenvalue weighted by molar-refractivity contribution is -0.167. The van der Waals surface area contributed by atoms with Gasteiger partial charge in [0.1, 0.15) is 13.2 Å². The van der Waals surface area contributed by atoms with Gasteiger partial charge in [0.25, 0.3) is 0 Å². The van der Waals surface area contributed by atoms with E-state index in [0.717, 1.165) is 128 Å². The van der Waals surface area contributed by atoms with Gasteiger partial charge in [0.05, 0.1) is 0 Å². The number of hydrogen-bond donors (Lipinski definition) is 0. The SMILES string of the molecule is CC/C=C\C/C=C\C/C=C\C/C=C\CCCCCCCCC(=O)OCC(COC(=O)CCCCCCC/C=C\CCCCCCCC)OC(=O)CCCCCCCC/C=C\C/C=C\C/C=C\CCCCC. The lowest BCUT2D eigenvalue weighted by Gasteiger charge is -2.18. The Bertz CT molecular complexity index is 1410. The second-order valence-corrected chi connectivity index (χ2v) is 19.5. The lowest BCUT2D eigenvalue weighted by Crippen LogP contribution is -2.30. The minimum atomic E-state index is -0.796. The summed E-state index contributed by atoms with van der Waals surface area (Å²) in [6, 6.07) is 0. The lowest BCUT2D eigenvalue weighted by atomic mass is 10.1. The fourth-order valence-corrected chi connectivity index (χ4v) is 8.08. The molecular weight excluding hydrogens is 877 g/mol. The van der Waals surface area contributed by atoms with Crippen LogP contribution < -0.4 is 0 Å². The molecule has 0 amide bonds. The molecule has 0 aromatic heterocycles. The molecule has 0 aliphatic heterocycles. The maximum absolute atomic E-state index is 12.9. The summed E-state index contributed by atoms with van der Waals surface area (Å²) < 4.78 is 16.9. The van der Waals surface area contributed by atoms with Gasteiger partial charge in [0, 0.05) is 19.3 Å². The van der Waals surface area contributed by atoms with Crippen molar-refractivity contribution < 1.29 is 28.6 Å². The van der Waals surface area contributed by atoms with Gasteiger partial charge in [0.2, 0.25) is 0 Å². The quantitative estimate of drug-likeness (QED) is 0.0261. The molecule has 0 aliphatic carbocycles. The molecule has 1 atom stereocenters. The number of esters is 3. The van der Waals surface area contributed by atoms with Crippen molar-refractivity contribution in [2.24, 2.45) is 0 Å². The molecule has 6 nitrogen and oxygen atoms in total. The van der Waals surface area contributed by atoms with E-state index in [1.165, 1.54) is 109 Å². The van der Waals surface area contributed by atoms with Gasteiger partial charge in [-0.25, -0.2) is 0 Å². The average molecular weight is 988 g/mol. The largest absolute Gasteiger partial charge is 0.462 e. The number of hydrogen-bond acceptors (Lipinski definition) is 6. The number of ether oxygens (including phenoxy) is 3. The standard InChI is InChI=1S/C65H110O6/c1-4-7-10-13-16-19-22-25-28-30-32-34-37-40-43-46-49-52-55-58-64(67)70-61-62(60-69-63(66)57-54-51-48-45-42-39-36-27-24-21-18-15-12-9-6-3)71-65(68)59-56-53-50-47-44-41-38-35-33-31-29-26-23-20-17-14-11-8-5-2/h7,10,16-17,19-20,25-29,32-36,62H,4-6,8-9,11-15,18,21-24,30-31,37-61H2,1-3H3/b10-7-,19-16-,20-17-,28-25-,29-26-,34-32-,35-33-,36-27-. The molecule has 71 heavy (non-hydrogen) atoms. The maximum atomic E-state index is 12.9. The van der Waals surface area contributed by atoms with Crippen LogP contribution >= 0.6 is 0 Å². The molecule has 0 saturated heterocycles. The first-order chi connectivity index (χ1) is 35.0. The van der Waals surface area contributed by atoms with Crippen LogP contribution in [0.15, 0.2) is 97.2 Å². The zero-order valence-corrected chi connectivity index (χ0v) is 46.5. The third-order valence-corrected chi connectivity index (χ3v) is 12.5. The van der Waals surface area contributed by atoms with Gasteiger partial charge < -0.3 is 14.2 Å². The van der Waals surface area contributed by atoms with Crippen molar-refractivity contribution in [3.63, 3.8) is 0 Å². The molecule has 0 aromatic rings. The van der Waals surface area contributed by atoms with Crippen molar-refractivity contribution in [1.29, 1.82) is 0 Å². The third-order valence-electron chi connectivity index (χ3n) is 12.5. The molecule has 0 N–H and O–H groups in total. The van der Waals surface area contributed by atoms with Crippen LogP contribution in [0.4, 0.5) is 0 Å². The van der Waals surface area contributed by atoms with Gasteiger partial charge in [-0.1, -0.05) is 234 Å². The normalized spacial score (nSPS) is 12.8. The first-order valence-electron chi connectivity index (χ1n) is 29.7. The number of unbranched alkanes of at least 4 members (excludes halogenated alkanes) is 26. The Labute approximate surface area is 438 Å². The summed E-state index contributed by atoms with van der Waals surface area (Å²) in [7, 11) is 0. The molecule has 0 aliphatic rings. The van der Waals surface area contributed by atoms with E-state index >= 15 is 0 Å². The van der Waals surface area contributed by atoms with Crippen molar-refractivity contribution >= 4 is 17.9 Å². The smallest absolute Gasteiger partial charge is 0.306 e. The van der Waals surface area contributed by atoms with Crippen LogP contribution in [0, 0.1) is 0 Å². The molecular formula is C65H110O6. The summed E-state index contributed by atoms with van der Waals surface area (Å²) >= 11 is 0. The first kappa shape index (κ1) is 67.3. The van der Waals surface area contributed by atoms with Crippen LogP contribution in [0.3, 0.4) is 0 Å². The summed E-state index contributed by atoms with van der Waals surface area (Å²) in [4.78, 5) is 38.2. The second kappa shape index (κ2) is 58.9. The maximum Gasteiger partial charge on any atom is 0.306 e. The van der Waals surface area contributed by atoms with E-state index in [0.29, 0.717) is 19.3 Å². The van der Waals surface area contributed by atoms with E-state index < -0.39 is 6.10 Å². The van der Waals surface area contributed by atoms with Crippen molar-refractivity contribution in [2.75, 3.05) is 13.2 Å². The number of rotatable bonds is 53. The Morgan fingerprint density at radius 3 is 0.901 bits per heavy atom. The fourth-order valence-electron chi connectivity index (χ4n) is 8.08. The van der Waals surface area contributed by atoms with Gasteiger partial charge >= 0.3 is 17.9 Å². The van der Waals surface area contributed by atoms with Crippen molar-refractivity contribution in [2.45, 2.75) is 284 Å². The predicted molar refractivity (Wildman–Crippen MR) is 307 cm³/mol. The number of carbonyl (C=O) groups is 3. The van der Waals surface area contributed by atoms with Gasteiger partial charge in [-0.05, 0) is 122 Å². The molecule has 406 valence electrons. The van der Waals surface area contributed by atoms with Gasteiger partial charge in [-0.15, -0.1) is 0 Å². The van der Waals surface area contributed by atoms with Crippen LogP contribution in [0.1, 0.15) is 278 Å². The average Bonchev–Trinajstić information content (AvgIpc) is 3.37. The monoisotopic (exact) mass is 987 g/mol. The molecule has 0 radical (unpaired) electrons. The summed E-state index contributed by atoms with van der Waals surface area (Å²) in [5.41, 5.74) is 0. The molecule has 0 saturated carbocycles. The molecule has 0 bridgehead atoms. The number of allylic oxidation sites excluding steroid dienone is 16. The Kier molecular flexibility index (Phi) is 55.9. The van der Waals surface area contributed by atoms with Gasteiger partial charge in [-0.2, -0.15) is 0 Å². The highest BCUT2D eigenvalue weighted by molar-refractivity contribution is 5.71. The van der Waals surface area contributed by atoms with Crippen LogP contribution in [0.5, 0.6) is 0 Å². The zero-order chi connectivity index (χ0) is 51.4. The van der Waals surface area contributed by atoms with Gasteiger partial charge in [-0.3, -0.25) is 14.4 Å². The molecule has 1 unspecified atom stereocenters. The minimum absolute atomic E-state index is 0.0922. The fraction of sp³-hybridized carbons (Fsp3) is 0.708. The van der Waals surface area contributed by atoms with Crippen LogP contribution in [-0.2, 0) is 28.6 Å². The van der Waals surface area contributed by atoms with Crippen LogP contribution in [0.2, 0.25) is 0 Å².